The number of sulfonamides is 1. The van der Waals surface area contributed by atoms with Crippen molar-refractivity contribution < 1.29 is 17.9 Å². The Bertz CT molecular complexity index is 1230. The number of rotatable bonds is 6. The van der Waals surface area contributed by atoms with Gasteiger partial charge in [0.1, 0.15) is 5.75 Å². The number of carbonyl (C=O) groups is 1. The highest BCUT2D eigenvalue weighted by atomic mass is 32.2. The van der Waals surface area contributed by atoms with E-state index in [1.54, 1.807) is 67.6 Å². The molecule has 0 fully saturated rings. The van der Waals surface area contributed by atoms with Crippen molar-refractivity contribution in [2.24, 2.45) is 0 Å². The molecule has 0 atom stereocenters. The Hall–Kier alpha value is -3.76. The summed E-state index contributed by atoms with van der Waals surface area (Å²) in [5, 5.41) is 2.73. The fourth-order valence-electron chi connectivity index (χ4n) is 2.79. The van der Waals surface area contributed by atoms with Gasteiger partial charge in [0.25, 0.3) is 15.9 Å². The number of carbonyl (C=O) groups excluding carboxylic acids is 1. The molecule has 0 saturated heterocycles. The van der Waals surface area contributed by atoms with Crippen molar-refractivity contribution in [3.8, 4) is 18.1 Å². The number of hydrogen-bond acceptors (Lipinski definition) is 4. The first-order valence-corrected chi connectivity index (χ1v) is 10.5. The number of nitrogens with one attached hydrogen (secondary N) is 2. The fraction of sp³-hybridized carbons (Fsp3) is 0.0870. The van der Waals surface area contributed by atoms with Gasteiger partial charge in [-0.3, -0.25) is 9.52 Å². The van der Waals surface area contributed by atoms with Crippen molar-refractivity contribution in [3.63, 3.8) is 0 Å². The summed E-state index contributed by atoms with van der Waals surface area (Å²) >= 11 is 0. The number of hydrogen-bond donors (Lipinski definition) is 2. The van der Waals surface area contributed by atoms with Crippen LogP contribution >= 0.6 is 0 Å². The highest BCUT2D eigenvalue weighted by Gasteiger charge is 2.19. The van der Waals surface area contributed by atoms with Gasteiger partial charge in [-0.15, -0.1) is 6.42 Å². The summed E-state index contributed by atoms with van der Waals surface area (Å²) in [6, 6.07) is 17.9. The minimum Gasteiger partial charge on any atom is -0.497 e. The second-order valence-electron chi connectivity index (χ2n) is 6.49. The minimum absolute atomic E-state index is 0.0170. The second kappa shape index (κ2) is 8.72. The number of terminal acetylenes is 1. The first-order chi connectivity index (χ1) is 14.3. The Kier molecular flexibility index (Phi) is 6.09. The lowest BCUT2D eigenvalue weighted by Gasteiger charge is -2.13. The van der Waals surface area contributed by atoms with E-state index in [9.17, 15) is 13.2 Å². The molecule has 3 aromatic carbocycles. The van der Waals surface area contributed by atoms with Crippen molar-refractivity contribution in [3.05, 3.63) is 83.4 Å². The van der Waals surface area contributed by atoms with Gasteiger partial charge in [-0.05, 0) is 67.1 Å². The first-order valence-electron chi connectivity index (χ1n) is 8.98. The van der Waals surface area contributed by atoms with Crippen molar-refractivity contribution in [2.45, 2.75) is 11.8 Å². The molecule has 0 bridgehead atoms. The zero-order valence-corrected chi connectivity index (χ0v) is 17.3. The molecule has 0 heterocycles. The van der Waals surface area contributed by atoms with Crippen LogP contribution in [0.3, 0.4) is 0 Å². The van der Waals surface area contributed by atoms with E-state index in [1.807, 2.05) is 0 Å². The summed E-state index contributed by atoms with van der Waals surface area (Å²) in [6.45, 7) is 1.67. The normalized spacial score (nSPS) is 10.7. The third-order valence-corrected chi connectivity index (χ3v) is 5.89. The highest BCUT2D eigenvalue weighted by Crippen LogP contribution is 2.23. The maximum absolute atomic E-state index is 12.9. The Morgan fingerprint density at radius 1 is 1.00 bits per heavy atom. The average molecular weight is 420 g/mol. The lowest BCUT2D eigenvalue weighted by atomic mass is 10.1. The second-order valence-corrected chi connectivity index (χ2v) is 8.14. The van der Waals surface area contributed by atoms with Crippen molar-refractivity contribution in [2.75, 3.05) is 17.1 Å². The van der Waals surface area contributed by atoms with Crippen LogP contribution in [0.1, 0.15) is 21.5 Å². The molecule has 152 valence electrons. The standard InChI is InChI=1S/C23H20N2O4S/c1-4-17-6-5-7-20(14-17)24-23(26)18-9-8-16(2)22(15-18)30(27,28)25-19-10-12-21(29-3)13-11-19/h1,5-15,25H,2-3H3,(H,24,26). The first kappa shape index (κ1) is 21.0. The van der Waals surface area contributed by atoms with E-state index in [4.69, 9.17) is 11.2 Å². The van der Waals surface area contributed by atoms with Gasteiger partial charge < -0.3 is 10.1 Å². The van der Waals surface area contributed by atoms with Crippen molar-refractivity contribution in [1.82, 2.24) is 0 Å². The molecule has 0 aliphatic heterocycles. The third kappa shape index (κ3) is 4.80. The molecule has 30 heavy (non-hydrogen) atoms. The van der Waals surface area contributed by atoms with Crippen LogP contribution in [-0.4, -0.2) is 21.4 Å². The van der Waals surface area contributed by atoms with E-state index < -0.39 is 15.9 Å². The molecular weight excluding hydrogens is 400 g/mol. The number of aryl methyl sites for hydroxylation is 1. The topological polar surface area (TPSA) is 84.5 Å². The molecule has 0 aliphatic rings. The SMILES string of the molecule is C#Cc1cccc(NC(=O)c2ccc(C)c(S(=O)(=O)Nc3ccc(OC)cc3)c2)c1. The van der Waals surface area contributed by atoms with Crippen LogP contribution in [0, 0.1) is 19.3 Å². The monoisotopic (exact) mass is 420 g/mol. The quantitative estimate of drug-likeness (QED) is 0.590. The van der Waals surface area contributed by atoms with Crippen LogP contribution in [0.4, 0.5) is 11.4 Å². The predicted octanol–water partition coefficient (Wildman–Crippen LogP) is 4.04. The predicted molar refractivity (Wildman–Crippen MR) is 117 cm³/mol. The van der Waals surface area contributed by atoms with Crippen LogP contribution in [0.2, 0.25) is 0 Å². The summed E-state index contributed by atoms with van der Waals surface area (Å²) in [5.41, 5.74) is 2.26. The average Bonchev–Trinajstić information content (AvgIpc) is 2.74. The summed E-state index contributed by atoms with van der Waals surface area (Å²) in [7, 11) is -2.37. The number of ether oxygens (including phenoxy) is 1. The Morgan fingerprint density at radius 3 is 2.40 bits per heavy atom. The molecular formula is C23H20N2O4S. The van der Waals surface area contributed by atoms with Gasteiger partial charge in [0, 0.05) is 22.5 Å². The fourth-order valence-corrected chi connectivity index (χ4v) is 4.12. The van der Waals surface area contributed by atoms with Gasteiger partial charge in [0.05, 0.1) is 12.0 Å². The van der Waals surface area contributed by atoms with Crippen LogP contribution in [0.15, 0.2) is 71.6 Å². The van der Waals surface area contributed by atoms with Crippen LogP contribution < -0.4 is 14.8 Å². The van der Waals surface area contributed by atoms with Crippen LogP contribution in [-0.2, 0) is 10.0 Å². The molecule has 3 aromatic rings. The highest BCUT2D eigenvalue weighted by molar-refractivity contribution is 7.92. The van der Waals surface area contributed by atoms with Gasteiger partial charge in [-0.2, -0.15) is 0 Å². The third-order valence-electron chi connectivity index (χ3n) is 4.37. The number of amides is 1. The van der Waals surface area contributed by atoms with E-state index in [1.165, 1.54) is 13.2 Å². The van der Waals surface area contributed by atoms with Crippen molar-refractivity contribution in [1.29, 1.82) is 0 Å². The molecule has 0 unspecified atom stereocenters. The number of methoxy groups -OCH3 is 1. The number of benzene rings is 3. The Morgan fingerprint density at radius 2 is 1.73 bits per heavy atom. The molecule has 1 amide bonds. The largest absolute Gasteiger partial charge is 0.497 e. The van der Waals surface area contributed by atoms with E-state index in [0.717, 1.165) is 0 Å². The molecule has 6 nitrogen and oxygen atoms in total. The maximum atomic E-state index is 12.9. The van der Waals surface area contributed by atoms with Gasteiger partial charge in [-0.1, -0.05) is 18.1 Å². The maximum Gasteiger partial charge on any atom is 0.262 e. The molecule has 2 N–H and O–H groups in total. The number of anilines is 2. The smallest absolute Gasteiger partial charge is 0.262 e. The molecule has 0 aliphatic carbocycles. The zero-order valence-electron chi connectivity index (χ0n) is 16.5. The van der Waals surface area contributed by atoms with E-state index in [2.05, 4.69) is 16.0 Å². The summed E-state index contributed by atoms with van der Waals surface area (Å²) < 4.78 is 33.4. The summed E-state index contributed by atoms with van der Waals surface area (Å²) in [4.78, 5) is 12.7. The summed E-state index contributed by atoms with van der Waals surface area (Å²) in [5.74, 6) is 2.67. The van der Waals surface area contributed by atoms with Crippen LogP contribution in [0.25, 0.3) is 0 Å². The molecule has 7 heteroatoms. The molecule has 0 spiro atoms. The van der Waals surface area contributed by atoms with Gasteiger partial charge in [0.2, 0.25) is 0 Å². The molecule has 0 radical (unpaired) electrons. The van der Waals surface area contributed by atoms with E-state index >= 15 is 0 Å². The molecule has 3 rings (SSSR count). The lowest BCUT2D eigenvalue weighted by molar-refractivity contribution is 0.102. The van der Waals surface area contributed by atoms with Crippen molar-refractivity contribution >= 4 is 27.3 Å². The van der Waals surface area contributed by atoms with E-state index in [0.29, 0.717) is 28.3 Å². The summed E-state index contributed by atoms with van der Waals surface area (Å²) in [6.07, 6.45) is 5.38. The van der Waals surface area contributed by atoms with Gasteiger partial charge in [0.15, 0.2) is 0 Å². The molecule has 0 saturated carbocycles. The lowest BCUT2D eigenvalue weighted by Crippen LogP contribution is -2.17. The Balaban J connectivity index is 1.86. The van der Waals surface area contributed by atoms with Gasteiger partial charge in [-0.25, -0.2) is 8.42 Å². The van der Waals surface area contributed by atoms with Gasteiger partial charge >= 0.3 is 0 Å². The van der Waals surface area contributed by atoms with E-state index in [-0.39, 0.29) is 10.5 Å². The van der Waals surface area contributed by atoms with Crippen LogP contribution in [0.5, 0.6) is 5.75 Å². The Labute approximate surface area is 176 Å². The zero-order chi connectivity index (χ0) is 21.7. The minimum atomic E-state index is -3.90. The molecule has 0 aromatic heterocycles.